The Hall–Kier alpha value is -2.33. The lowest BCUT2D eigenvalue weighted by molar-refractivity contribution is -0.117. The third-order valence-corrected chi connectivity index (χ3v) is 4.58. The van der Waals surface area contributed by atoms with E-state index in [1.54, 1.807) is 23.7 Å². The number of thioether (sulfide) groups is 1. The number of carbonyl (C=O) groups is 2. The molecule has 10 heteroatoms. The molecule has 134 valence electrons. The van der Waals surface area contributed by atoms with Gasteiger partial charge in [-0.1, -0.05) is 23.1 Å². The summed E-state index contributed by atoms with van der Waals surface area (Å²) in [5, 5.41) is 12.3. The van der Waals surface area contributed by atoms with Crippen LogP contribution in [0.5, 0.6) is 11.5 Å². The number of rotatable bonds is 8. The fourth-order valence-corrected chi connectivity index (χ4v) is 3.10. The van der Waals surface area contributed by atoms with Crippen molar-refractivity contribution in [1.82, 2.24) is 15.5 Å². The van der Waals surface area contributed by atoms with E-state index in [4.69, 9.17) is 9.47 Å². The van der Waals surface area contributed by atoms with Gasteiger partial charge in [-0.15, -0.1) is 10.2 Å². The van der Waals surface area contributed by atoms with Crippen molar-refractivity contribution in [2.75, 3.05) is 24.3 Å². The molecule has 1 aromatic heterocycles. The fourth-order valence-electron chi connectivity index (χ4n) is 1.81. The minimum Gasteiger partial charge on any atom is -0.490 e. The number of amides is 3. The van der Waals surface area contributed by atoms with Gasteiger partial charge in [-0.2, -0.15) is 0 Å². The number of ether oxygens (including phenoxy) is 2. The third kappa shape index (κ3) is 6.24. The first-order valence-electron chi connectivity index (χ1n) is 7.51. The predicted molar refractivity (Wildman–Crippen MR) is 96.6 cm³/mol. The molecule has 0 radical (unpaired) electrons. The van der Waals surface area contributed by atoms with E-state index < -0.39 is 11.9 Å². The normalized spacial score (nSPS) is 10.2. The molecule has 0 bridgehead atoms. The molecule has 0 aliphatic heterocycles. The number of benzene rings is 1. The molecule has 3 amide bonds. The highest BCUT2D eigenvalue weighted by Gasteiger charge is 2.12. The maximum absolute atomic E-state index is 11.9. The summed E-state index contributed by atoms with van der Waals surface area (Å²) in [5.41, 5.74) is 2.07. The van der Waals surface area contributed by atoms with Crippen LogP contribution in [0, 0.1) is 0 Å². The minimum absolute atomic E-state index is 0.0795. The molecule has 2 N–H and O–H groups in total. The van der Waals surface area contributed by atoms with Crippen molar-refractivity contribution in [3.8, 4) is 11.5 Å². The number of urea groups is 1. The summed E-state index contributed by atoms with van der Waals surface area (Å²) in [4.78, 5) is 23.7. The molecular formula is C15H18N4O4S2. The Morgan fingerprint density at radius 2 is 1.96 bits per heavy atom. The Kier molecular flexibility index (Phi) is 7.48. The molecule has 0 fully saturated rings. The van der Waals surface area contributed by atoms with Gasteiger partial charge in [0.15, 0.2) is 15.8 Å². The SMILES string of the molecule is CCOc1ccc(NC(=O)NC(=O)CSc2nncs2)cc1OCC. The van der Waals surface area contributed by atoms with Gasteiger partial charge in [0.1, 0.15) is 5.51 Å². The monoisotopic (exact) mass is 382 g/mol. The highest BCUT2D eigenvalue weighted by Crippen LogP contribution is 2.30. The topological polar surface area (TPSA) is 102 Å². The van der Waals surface area contributed by atoms with E-state index in [2.05, 4.69) is 20.8 Å². The highest BCUT2D eigenvalue weighted by atomic mass is 32.2. The molecule has 25 heavy (non-hydrogen) atoms. The summed E-state index contributed by atoms with van der Waals surface area (Å²) in [5.74, 6) is 0.782. The second-order valence-corrected chi connectivity index (χ2v) is 6.58. The first kappa shape index (κ1) is 19.0. The van der Waals surface area contributed by atoms with Crippen molar-refractivity contribution in [2.45, 2.75) is 18.2 Å². The molecule has 1 heterocycles. The van der Waals surface area contributed by atoms with E-state index in [1.165, 1.54) is 23.1 Å². The lowest BCUT2D eigenvalue weighted by atomic mass is 10.2. The quantitative estimate of drug-likeness (QED) is 0.677. The Balaban J connectivity index is 1.88. The van der Waals surface area contributed by atoms with Gasteiger partial charge in [-0.05, 0) is 26.0 Å². The van der Waals surface area contributed by atoms with Gasteiger partial charge in [0, 0.05) is 11.8 Å². The highest BCUT2D eigenvalue weighted by molar-refractivity contribution is 8.01. The van der Waals surface area contributed by atoms with Gasteiger partial charge in [0.2, 0.25) is 5.91 Å². The van der Waals surface area contributed by atoms with Crippen LogP contribution in [-0.2, 0) is 4.79 Å². The molecule has 0 unspecified atom stereocenters. The molecule has 0 spiro atoms. The van der Waals surface area contributed by atoms with Crippen molar-refractivity contribution in [3.63, 3.8) is 0 Å². The maximum Gasteiger partial charge on any atom is 0.325 e. The summed E-state index contributed by atoms with van der Waals surface area (Å²) >= 11 is 2.55. The molecule has 8 nitrogen and oxygen atoms in total. The van der Waals surface area contributed by atoms with Crippen LogP contribution in [-0.4, -0.2) is 41.1 Å². The fraction of sp³-hybridized carbons (Fsp3) is 0.333. The van der Waals surface area contributed by atoms with Gasteiger partial charge in [-0.25, -0.2) is 4.79 Å². The van der Waals surface area contributed by atoms with E-state index in [-0.39, 0.29) is 5.75 Å². The van der Waals surface area contributed by atoms with Crippen LogP contribution < -0.4 is 20.1 Å². The summed E-state index contributed by atoms with van der Waals surface area (Å²) < 4.78 is 11.6. The van der Waals surface area contributed by atoms with Gasteiger partial charge in [-0.3, -0.25) is 10.1 Å². The first-order chi connectivity index (χ1) is 12.1. The van der Waals surface area contributed by atoms with Crippen molar-refractivity contribution < 1.29 is 19.1 Å². The Labute approximate surface area is 153 Å². The van der Waals surface area contributed by atoms with Crippen molar-refractivity contribution in [1.29, 1.82) is 0 Å². The summed E-state index contributed by atoms with van der Waals surface area (Å²) in [6.45, 7) is 4.71. The second-order valence-electron chi connectivity index (χ2n) is 4.52. The smallest absolute Gasteiger partial charge is 0.325 e. The van der Waals surface area contributed by atoms with Crippen molar-refractivity contribution in [2.24, 2.45) is 0 Å². The number of carbonyl (C=O) groups excluding carboxylic acids is 2. The molecule has 0 atom stereocenters. The minimum atomic E-state index is -0.616. The summed E-state index contributed by atoms with van der Waals surface area (Å²) in [6.07, 6.45) is 0. The van der Waals surface area contributed by atoms with Crippen molar-refractivity contribution >= 4 is 40.7 Å². The van der Waals surface area contributed by atoms with Crippen LogP contribution in [0.25, 0.3) is 0 Å². The zero-order valence-electron chi connectivity index (χ0n) is 13.8. The molecule has 0 aliphatic carbocycles. The van der Waals surface area contributed by atoms with Gasteiger partial charge in [0.05, 0.1) is 19.0 Å². The number of nitrogens with one attached hydrogen (secondary N) is 2. The first-order valence-corrected chi connectivity index (χ1v) is 9.38. The van der Waals surface area contributed by atoms with E-state index in [1.807, 2.05) is 13.8 Å². The van der Waals surface area contributed by atoms with Crippen LogP contribution in [0.2, 0.25) is 0 Å². The molecule has 0 saturated heterocycles. The number of anilines is 1. The molecule has 0 aliphatic rings. The average molecular weight is 382 g/mol. The van der Waals surface area contributed by atoms with Crippen molar-refractivity contribution in [3.05, 3.63) is 23.7 Å². The molecule has 2 rings (SSSR count). The predicted octanol–water partition coefficient (Wildman–Crippen LogP) is 2.78. The Morgan fingerprint density at radius 3 is 2.64 bits per heavy atom. The van der Waals surface area contributed by atoms with E-state index >= 15 is 0 Å². The van der Waals surface area contributed by atoms with E-state index in [0.717, 1.165) is 0 Å². The standard InChI is InChI=1S/C15H18N4O4S2/c1-3-22-11-6-5-10(7-12(11)23-4-2)17-14(21)18-13(20)8-24-15-19-16-9-25-15/h5-7,9H,3-4,8H2,1-2H3,(H2,17,18,20,21). The molecule has 2 aromatic rings. The Bertz CT molecular complexity index is 710. The zero-order valence-corrected chi connectivity index (χ0v) is 15.4. The number of aromatic nitrogens is 2. The lowest BCUT2D eigenvalue weighted by Gasteiger charge is -2.13. The van der Waals surface area contributed by atoms with E-state index in [0.29, 0.717) is 34.7 Å². The van der Waals surface area contributed by atoms with Gasteiger partial charge in [0.25, 0.3) is 0 Å². The summed E-state index contributed by atoms with van der Waals surface area (Å²) in [6, 6.07) is 4.41. The number of nitrogens with zero attached hydrogens (tertiary/aromatic N) is 2. The maximum atomic E-state index is 11.9. The van der Waals surface area contributed by atoms with Crippen LogP contribution in [0.3, 0.4) is 0 Å². The van der Waals surface area contributed by atoms with Gasteiger partial charge < -0.3 is 14.8 Å². The Morgan fingerprint density at radius 1 is 1.20 bits per heavy atom. The number of hydrogen-bond donors (Lipinski definition) is 2. The van der Waals surface area contributed by atoms with Crippen LogP contribution in [0.15, 0.2) is 28.0 Å². The second kappa shape index (κ2) is 9.84. The van der Waals surface area contributed by atoms with E-state index in [9.17, 15) is 9.59 Å². The molecule has 1 aromatic carbocycles. The summed E-state index contributed by atoms with van der Waals surface area (Å²) in [7, 11) is 0. The third-order valence-electron chi connectivity index (χ3n) is 2.72. The zero-order chi connectivity index (χ0) is 18.1. The molecule has 0 saturated carbocycles. The average Bonchev–Trinajstić information content (AvgIpc) is 3.09. The van der Waals surface area contributed by atoms with Crippen LogP contribution in [0.4, 0.5) is 10.5 Å². The van der Waals surface area contributed by atoms with Gasteiger partial charge >= 0.3 is 6.03 Å². The lowest BCUT2D eigenvalue weighted by Crippen LogP contribution is -2.35. The molecular weight excluding hydrogens is 364 g/mol. The largest absolute Gasteiger partial charge is 0.490 e. The number of hydrogen-bond acceptors (Lipinski definition) is 8. The van der Waals surface area contributed by atoms with Crippen LogP contribution >= 0.6 is 23.1 Å². The number of imide groups is 1. The van der Waals surface area contributed by atoms with Crippen LogP contribution in [0.1, 0.15) is 13.8 Å².